The fourth-order valence-electron chi connectivity index (χ4n) is 8.88. The van der Waals surface area contributed by atoms with Crippen LogP contribution in [0.2, 0.25) is 0 Å². The third-order valence-corrected chi connectivity index (χ3v) is 11.6. The van der Waals surface area contributed by atoms with Crippen molar-refractivity contribution in [1.82, 2.24) is 4.57 Å². The summed E-state index contributed by atoms with van der Waals surface area (Å²) in [5, 5.41) is 7.57. The third-order valence-electron chi connectivity index (χ3n) is 11.6. The van der Waals surface area contributed by atoms with Gasteiger partial charge in [0.15, 0.2) is 0 Å². The molecule has 11 rings (SSSR count). The highest BCUT2D eigenvalue weighted by molar-refractivity contribution is 6.25. The van der Waals surface area contributed by atoms with Gasteiger partial charge in [0.05, 0.1) is 11.0 Å². The lowest BCUT2D eigenvalue weighted by Crippen LogP contribution is -2.09. The van der Waals surface area contributed by atoms with Crippen molar-refractivity contribution in [2.24, 2.45) is 0 Å². The fourth-order valence-corrected chi connectivity index (χ4v) is 8.88. The van der Waals surface area contributed by atoms with Crippen LogP contribution < -0.4 is 4.90 Å². The summed E-state index contributed by atoms with van der Waals surface area (Å²) in [5.41, 5.74) is 14.1. The summed E-state index contributed by atoms with van der Waals surface area (Å²) in [7, 11) is 0. The standard InChI is InChI=1S/C56H38N2/c1-3-18-45(19-4-1)57(47-35-32-40(33-36-47)39-28-30-43(31-29-39)50-25-12-16-41-14-7-9-23-49(41)50)48-22-11-17-44(38-48)52-26-13-27-53-56(52)55-51-24-10-8-15-42(51)34-37-54(55)58(53)46-20-5-2-6-21-46/h1-38H. The first-order valence-electron chi connectivity index (χ1n) is 19.9. The summed E-state index contributed by atoms with van der Waals surface area (Å²) >= 11 is 0. The molecule has 272 valence electrons. The van der Waals surface area contributed by atoms with Crippen LogP contribution in [0.4, 0.5) is 17.1 Å². The monoisotopic (exact) mass is 738 g/mol. The minimum atomic E-state index is 1.10. The number of fused-ring (bicyclic) bond motifs is 6. The molecule has 0 unspecified atom stereocenters. The summed E-state index contributed by atoms with van der Waals surface area (Å²) < 4.78 is 2.42. The molecule has 0 radical (unpaired) electrons. The lowest BCUT2D eigenvalue weighted by molar-refractivity contribution is 1.18. The van der Waals surface area contributed by atoms with Gasteiger partial charge < -0.3 is 9.47 Å². The summed E-state index contributed by atoms with van der Waals surface area (Å²) in [6.07, 6.45) is 0. The Morgan fingerprint density at radius 2 is 0.828 bits per heavy atom. The van der Waals surface area contributed by atoms with Crippen LogP contribution in [0.15, 0.2) is 231 Å². The molecule has 0 N–H and O–H groups in total. The predicted octanol–water partition coefficient (Wildman–Crippen LogP) is 15.6. The number of anilines is 3. The first kappa shape index (κ1) is 33.6. The van der Waals surface area contributed by atoms with Crippen LogP contribution in [0, 0.1) is 0 Å². The van der Waals surface area contributed by atoms with Crippen LogP contribution >= 0.6 is 0 Å². The molecule has 1 aromatic heterocycles. The maximum Gasteiger partial charge on any atom is 0.0547 e. The Hall–Kier alpha value is -7.68. The molecule has 0 saturated carbocycles. The topological polar surface area (TPSA) is 8.17 Å². The van der Waals surface area contributed by atoms with E-state index in [2.05, 4.69) is 240 Å². The normalized spacial score (nSPS) is 11.4. The molecular formula is C56H38N2. The fraction of sp³-hybridized carbons (Fsp3) is 0. The predicted molar refractivity (Wildman–Crippen MR) is 247 cm³/mol. The van der Waals surface area contributed by atoms with E-state index in [0.717, 1.165) is 22.7 Å². The van der Waals surface area contributed by atoms with Crippen LogP contribution in [0.1, 0.15) is 0 Å². The molecule has 0 amide bonds. The van der Waals surface area contributed by atoms with Gasteiger partial charge in [0.1, 0.15) is 0 Å². The highest BCUT2D eigenvalue weighted by atomic mass is 15.1. The van der Waals surface area contributed by atoms with Crippen LogP contribution in [-0.4, -0.2) is 4.57 Å². The molecule has 0 bridgehead atoms. The van der Waals surface area contributed by atoms with E-state index in [-0.39, 0.29) is 0 Å². The van der Waals surface area contributed by atoms with Gasteiger partial charge in [-0.1, -0.05) is 170 Å². The Morgan fingerprint density at radius 1 is 0.293 bits per heavy atom. The molecule has 2 heteroatoms. The number of rotatable bonds is 7. The molecule has 0 saturated heterocycles. The van der Waals surface area contributed by atoms with E-state index in [1.807, 2.05) is 0 Å². The van der Waals surface area contributed by atoms with Crippen molar-refractivity contribution in [1.29, 1.82) is 0 Å². The molecule has 1 heterocycles. The van der Waals surface area contributed by atoms with Gasteiger partial charge in [0.25, 0.3) is 0 Å². The van der Waals surface area contributed by atoms with Gasteiger partial charge in [-0.05, 0) is 116 Å². The van der Waals surface area contributed by atoms with E-state index in [9.17, 15) is 0 Å². The lowest BCUT2D eigenvalue weighted by atomic mass is 9.96. The van der Waals surface area contributed by atoms with Crippen molar-refractivity contribution in [3.8, 4) is 39.1 Å². The number of aromatic nitrogens is 1. The summed E-state index contributed by atoms with van der Waals surface area (Å²) in [4.78, 5) is 2.36. The quantitative estimate of drug-likeness (QED) is 0.158. The van der Waals surface area contributed by atoms with Gasteiger partial charge >= 0.3 is 0 Å². The zero-order valence-corrected chi connectivity index (χ0v) is 31.8. The van der Waals surface area contributed by atoms with Crippen LogP contribution in [-0.2, 0) is 0 Å². The smallest absolute Gasteiger partial charge is 0.0547 e. The van der Waals surface area contributed by atoms with Crippen molar-refractivity contribution in [2.45, 2.75) is 0 Å². The Morgan fingerprint density at radius 3 is 1.60 bits per heavy atom. The lowest BCUT2D eigenvalue weighted by Gasteiger charge is -2.26. The maximum absolute atomic E-state index is 2.42. The molecule has 0 aliphatic carbocycles. The van der Waals surface area contributed by atoms with E-state index < -0.39 is 0 Å². The second-order valence-electron chi connectivity index (χ2n) is 14.9. The van der Waals surface area contributed by atoms with Gasteiger partial charge in [0, 0.05) is 33.5 Å². The van der Waals surface area contributed by atoms with Crippen molar-refractivity contribution >= 4 is 60.4 Å². The number of para-hydroxylation sites is 2. The molecule has 11 aromatic rings. The van der Waals surface area contributed by atoms with E-state index in [0.29, 0.717) is 0 Å². The Labute approximate surface area is 338 Å². The number of nitrogens with zero attached hydrogens (tertiary/aromatic N) is 2. The highest BCUT2D eigenvalue weighted by Gasteiger charge is 2.20. The Balaban J connectivity index is 1.01. The van der Waals surface area contributed by atoms with Crippen LogP contribution in [0.3, 0.4) is 0 Å². The maximum atomic E-state index is 2.42. The van der Waals surface area contributed by atoms with Gasteiger partial charge in [-0.25, -0.2) is 0 Å². The van der Waals surface area contributed by atoms with E-state index in [4.69, 9.17) is 0 Å². The number of hydrogen-bond donors (Lipinski definition) is 0. The van der Waals surface area contributed by atoms with Crippen LogP contribution in [0.5, 0.6) is 0 Å². The van der Waals surface area contributed by atoms with E-state index >= 15 is 0 Å². The third kappa shape index (κ3) is 5.74. The molecule has 0 spiro atoms. The number of hydrogen-bond acceptors (Lipinski definition) is 1. The highest BCUT2D eigenvalue weighted by Crippen LogP contribution is 2.44. The minimum absolute atomic E-state index is 1.10. The molecule has 10 aromatic carbocycles. The van der Waals surface area contributed by atoms with Gasteiger partial charge in [-0.15, -0.1) is 0 Å². The van der Waals surface area contributed by atoms with E-state index in [1.165, 1.54) is 76.7 Å². The molecule has 0 aliphatic rings. The molecular weight excluding hydrogens is 701 g/mol. The Bertz CT molecular complexity index is 3250. The second-order valence-corrected chi connectivity index (χ2v) is 14.9. The first-order valence-corrected chi connectivity index (χ1v) is 19.9. The van der Waals surface area contributed by atoms with Gasteiger partial charge in [0.2, 0.25) is 0 Å². The number of benzene rings is 10. The molecule has 2 nitrogen and oxygen atoms in total. The Kier molecular flexibility index (Phi) is 8.19. The SMILES string of the molecule is c1ccc(N(c2ccc(-c3ccc(-c4cccc5ccccc45)cc3)cc2)c2cccc(-c3cccc4c3c3c5ccccc5ccc3n4-c3ccccc3)c2)cc1. The largest absolute Gasteiger partial charge is 0.310 e. The molecule has 0 atom stereocenters. The minimum Gasteiger partial charge on any atom is -0.310 e. The average Bonchev–Trinajstić information content (AvgIpc) is 3.65. The van der Waals surface area contributed by atoms with Gasteiger partial charge in [-0.2, -0.15) is 0 Å². The molecule has 58 heavy (non-hydrogen) atoms. The summed E-state index contributed by atoms with van der Waals surface area (Å²) in [6.45, 7) is 0. The van der Waals surface area contributed by atoms with Crippen molar-refractivity contribution < 1.29 is 0 Å². The van der Waals surface area contributed by atoms with Crippen molar-refractivity contribution in [3.05, 3.63) is 231 Å². The van der Waals surface area contributed by atoms with E-state index in [1.54, 1.807) is 0 Å². The zero-order chi connectivity index (χ0) is 38.4. The van der Waals surface area contributed by atoms with Crippen molar-refractivity contribution in [2.75, 3.05) is 4.90 Å². The average molecular weight is 739 g/mol. The molecule has 0 fully saturated rings. The first-order chi connectivity index (χ1) is 28.8. The molecule has 0 aliphatic heterocycles. The zero-order valence-electron chi connectivity index (χ0n) is 31.8. The van der Waals surface area contributed by atoms with Crippen LogP contribution in [0.25, 0.3) is 82.4 Å². The summed E-state index contributed by atoms with van der Waals surface area (Å²) in [5.74, 6) is 0. The van der Waals surface area contributed by atoms with Crippen molar-refractivity contribution in [3.63, 3.8) is 0 Å². The second kappa shape index (κ2) is 14.1. The summed E-state index contributed by atoms with van der Waals surface area (Å²) in [6, 6.07) is 83.5. The van der Waals surface area contributed by atoms with Gasteiger partial charge in [-0.3, -0.25) is 0 Å².